The van der Waals surface area contributed by atoms with Crippen LogP contribution in [0.1, 0.15) is 0 Å². The molecule has 0 saturated heterocycles. The van der Waals surface area contributed by atoms with Crippen LogP contribution in [0.2, 0.25) is 0 Å². The van der Waals surface area contributed by atoms with E-state index in [0.29, 0.717) is 17.4 Å². The van der Waals surface area contributed by atoms with E-state index in [-0.39, 0.29) is 0 Å². The first kappa shape index (κ1) is 18.9. The van der Waals surface area contributed by atoms with E-state index in [1.54, 1.807) is 39.2 Å². The molecule has 0 aliphatic rings. The highest BCUT2D eigenvalue weighted by molar-refractivity contribution is 7.52. The summed E-state index contributed by atoms with van der Waals surface area (Å²) in [5.41, 5.74) is 2.34. The molecule has 8 heteroatoms. The molecule has 1 unspecified atom stereocenters. The van der Waals surface area contributed by atoms with Crippen molar-refractivity contribution in [1.82, 2.24) is 14.5 Å². The molecule has 0 fully saturated rings. The molecule has 29 heavy (non-hydrogen) atoms. The number of fused-ring (bicyclic) bond motifs is 1. The summed E-state index contributed by atoms with van der Waals surface area (Å²) in [6.07, 6.45) is 3.70. The molecule has 2 heterocycles. The van der Waals surface area contributed by atoms with E-state index in [1.807, 2.05) is 47.2 Å². The van der Waals surface area contributed by atoms with E-state index in [0.717, 1.165) is 27.8 Å². The van der Waals surface area contributed by atoms with Gasteiger partial charge in [-0.3, -0.25) is 4.57 Å². The molecule has 0 radical (unpaired) electrons. The second-order valence-corrected chi connectivity index (χ2v) is 7.85. The van der Waals surface area contributed by atoms with Gasteiger partial charge in [0.15, 0.2) is 5.30 Å². The number of para-hydroxylation sites is 2. The molecule has 2 aromatic heterocycles. The van der Waals surface area contributed by atoms with Gasteiger partial charge in [-0.2, -0.15) is 4.98 Å². The van der Waals surface area contributed by atoms with Crippen LogP contribution in [0.3, 0.4) is 0 Å². The molecule has 0 amide bonds. The van der Waals surface area contributed by atoms with Crippen LogP contribution >= 0.6 is 7.80 Å². The summed E-state index contributed by atoms with van der Waals surface area (Å²) in [7, 11) is 1.77. The average Bonchev–Trinajstić information content (AvgIpc) is 3.17. The molecule has 0 aliphatic carbocycles. The van der Waals surface area contributed by atoms with Crippen LogP contribution < -0.4 is 20.1 Å². The minimum Gasteiger partial charge on any atom is -0.495 e. The molecule has 4 aromatic rings. The Bertz CT molecular complexity index is 1210. The SMILES string of the molecule is COc1cc([P+](C)=O)ccc1Nc1ncc2ccn(-c3ccccc3OC)c2n1. The topological polar surface area (TPSA) is 78.3 Å². The third-order valence-electron chi connectivity index (χ3n) is 4.57. The van der Waals surface area contributed by atoms with Crippen molar-refractivity contribution < 1.29 is 14.0 Å². The third-order valence-corrected chi connectivity index (χ3v) is 5.57. The number of rotatable bonds is 6. The predicted molar refractivity (Wildman–Crippen MR) is 115 cm³/mol. The molecule has 7 nitrogen and oxygen atoms in total. The zero-order valence-electron chi connectivity index (χ0n) is 16.3. The van der Waals surface area contributed by atoms with Gasteiger partial charge in [-0.05, 0) is 30.3 Å². The van der Waals surface area contributed by atoms with Gasteiger partial charge in [-0.15, -0.1) is 0 Å². The lowest BCUT2D eigenvalue weighted by Crippen LogP contribution is -2.04. The molecule has 0 aliphatic heterocycles. The Morgan fingerprint density at radius 3 is 2.59 bits per heavy atom. The Morgan fingerprint density at radius 1 is 1.03 bits per heavy atom. The summed E-state index contributed by atoms with van der Waals surface area (Å²) in [6, 6.07) is 15.1. The van der Waals surface area contributed by atoms with Crippen molar-refractivity contribution in [1.29, 1.82) is 0 Å². The van der Waals surface area contributed by atoms with Gasteiger partial charge in [0.05, 0.1) is 25.6 Å². The maximum Gasteiger partial charge on any atom is 0.373 e. The highest BCUT2D eigenvalue weighted by Crippen LogP contribution is 2.30. The Kier molecular flexibility index (Phi) is 5.14. The molecule has 0 bridgehead atoms. The van der Waals surface area contributed by atoms with Crippen molar-refractivity contribution in [2.75, 3.05) is 26.2 Å². The van der Waals surface area contributed by atoms with Crippen molar-refractivity contribution in [3.63, 3.8) is 0 Å². The van der Waals surface area contributed by atoms with E-state index in [1.165, 1.54) is 0 Å². The van der Waals surface area contributed by atoms with Crippen molar-refractivity contribution >= 4 is 35.8 Å². The molecule has 4 rings (SSSR count). The molecule has 0 spiro atoms. The Labute approximate surface area is 169 Å². The summed E-state index contributed by atoms with van der Waals surface area (Å²) >= 11 is 0. The first-order chi connectivity index (χ1) is 14.1. The van der Waals surface area contributed by atoms with Gasteiger partial charge in [0, 0.05) is 23.8 Å². The van der Waals surface area contributed by atoms with Gasteiger partial charge >= 0.3 is 7.80 Å². The molecule has 2 aromatic carbocycles. The van der Waals surface area contributed by atoms with Gasteiger partial charge in [-0.1, -0.05) is 16.7 Å². The fourth-order valence-electron chi connectivity index (χ4n) is 3.10. The number of hydrogen-bond donors (Lipinski definition) is 1. The zero-order valence-corrected chi connectivity index (χ0v) is 17.2. The first-order valence-corrected chi connectivity index (χ1v) is 10.6. The molecule has 1 N–H and O–H groups in total. The number of nitrogens with zero attached hydrogens (tertiary/aromatic N) is 3. The largest absolute Gasteiger partial charge is 0.495 e. The lowest BCUT2D eigenvalue weighted by atomic mass is 10.3. The minimum atomic E-state index is -1.45. The lowest BCUT2D eigenvalue weighted by Gasteiger charge is -2.12. The highest BCUT2D eigenvalue weighted by atomic mass is 31.1. The van der Waals surface area contributed by atoms with Gasteiger partial charge < -0.3 is 14.8 Å². The predicted octanol–water partition coefficient (Wildman–Crippen LogP) is 4.26. The molecule has 1 atom stereocenters. The van der Waals surface area contributed by atoms with E-state index in [4.69, 9.17) is 9.47 Å². The van der Waals surface area contributed by atoms with E-state index >= 15 is 0 Å². The second kappa shape index (κ2) is 7.89. The number of benzene rings is 2. The monoisotopic (exact) mass is 407 g/mol. The summed E-state index contributed by atoms with van der Waals surface area (Å²) in [4.78, 5) is 9.09. The van der Waals surface area contributed by atoms with Crippen LogP contribution in [-0.4, -0.2) is 35.4 Å². The lowest BCUT2D eigenvalue weighted by molar-refractivity contribution is 0.413. The standard InChI is InChI=1S/C21H20N4O3P/c1-27-18-7-5-4-6-17(18)25-11-10-14-13-22-21(24-20(14)25)23-16-9-8-15(29(3)26)12-19(16)28-2/h4-13H,1-3H3,(H,22,23,24)/q+1. The number of hydrogen-bond acceptors (Lipinski definition) is 6. The summed E-state index contributed by atoms with van der Waals surface area (Å²) in [6.45, 7) is 1.67. The second-order valence-electron chi connectivity index (χ2n) is 6.34. The van der Waals surface area contributed by atoms with Crippen LogP contribution in [0, 0.1) is 0 Å². The molecular formula is C21H20N4O3P+. The van der Waals surface area contributed by atoms with Crippen molar-refractivity contribution in [2.24, 2.45) is 0 Å². The Balaban J connectivity index is 1.74. The smallest absolute Gasteiger partial charge is 0.373 e. The summed E-state index contributed by atoms with van der Waals surface area (Å²) in [5.74, 6) is 1.76. The van der Waals surface area contributed by atoms with Gasteiger partial charge in [0.1, 0.15) is 23.8 Å². The van der Waals surface area contributed by atoms with E-state index < -0.39 is 7.80 Å². The normalized spacial score (nSPS) is 11.3. The van der Waals surface area contributed by atoms with Crippen LogP contribution in [0.25, 0.3) is 16.7 Å². The van der Waals surface area contributed by atoms with Crippen molar-refractivity contribution in [2.45, 2.75) is 0 Å². The average molecular weight is 407 g/mol. The molecule has 146 valence electrons. The number of anilines is 2. The van der Waals surface area contributed by atoms with Crippen LogP contribution in [0.4, 0.5) is 11.6 Å². The quantitative estimate of drug-likeness (QED) is 0.481. The van der Waals surface area contributed by atoms with Crippen LogP contribution in [0.5, 0.6) is 11.5 Å². The van der Waals surface area contributed by atoms with Crippen LogP contribution in [-0.2, 0) is 4.57 Å². The van der Waals surface area contributed by atoms with Gasteiger partial charge in [0.2, 0.25) is 5.95 Å². The summed E-state index contributed by atoms with van der Waals surface area (Å²) < 4.78 is 24.6. The number of ether oxygens (including phenoxy) is 2. The maximum atomic E-state index is 11.8. The summed E-state index contributed by atoms with van der Waals surface area (Å²) in [5, 5.41) is 4.83. The fourth-order valence-corrected chi connectivity index (χ4v) is 3.68. The fraction of sp³-hybridized carbons (Fsp3) is 0.143. The van der Waals surface area contributed by atoms with E-state index in [2.05, 4.69) is 15.3 Å². The maximum absolute atomic E-state index is 11.8. The molecule has 0 saturated carbocycles. The van der Waals surface area contributed by atoms with E-state index in [9.17, 15) is 4.57 Å². The number of aromatic nitrogens is 3. The number of nitrogens with one attached hydrogen (secondary N) is 1. The number of methoxy groups -OCH3 is 2. The zero-order chi connectivity index (χ0) is 20.4. The van der Waals surface area contributed by atoms with Crippen LogP contribution in [0.15, 0.2) is 60.9 Å². The van der Waals surface area contributed by atoms with Gasteiger partial charge in [-0.25, -0.2) is 4.98 Å². The molecular weight excluding hydrogens is 387 g/mol. The minimum absolute atomic E-state index is 0.430. The third kappa shape index (κ3) is 3.65. The van der Waals surface area contributed by atoms with Crippen molar-refractivity contribution in [3.05, 3.63) is 60.9 Å². The van der Waals surface area contributed by atoms with Crippen molar-refractivity contribution in [3.8, 4) is 17.2 Å². The Hall–Kier alpha value is -3.44. The Morgan fingerprint density at radius 2 is 1.83 bits per heavy atom. The van der Waals surface area contributed by atoms with Gasteiger partial charge in [0.25, 0.3) is 0 Å². The highest BCUT2D eigenvalue weighted by Gasteiger charge is 2.16. The first-order valence-electron chi connectivity index (χ1n) is 8.94.